The van der Waals surface area contributed by atoms with Gasteiger partial charge in [0.05, 0.1) is 6.42 Å². The Morgan fingerprint density at radius 3 is 2.83 bits per heavy atom. The van der Waals surface area contributed by atoms with Crippen LogP contribution in [-0.4, -0.2) is 17.3 Å². The summed E-state index contributed by atoms with van der Waals surface area (Å²) in [6.45, 7) is 0.763. The van der Waals surface area contributed by atoms with Gasteiger partial charge in [-0.3, -0.25) is 4.79 Å². The predicted molar refractivity (Wildman–Crippen MR) is 78.2 cm³/mol. The fraction of sp³-hybridized carbons (Fsp3) is 0.500. The van der Waals surface area contributed by atoms with Crippen molar-refractivity contribution in [2.75, 3.05) is 6.54 Å². The molecule has 0 saturated heterocycles. The average molecular weight is 331 g/mol. The van der Waals surface area contributed by atoms with E-state index in [1.807, 2.05) is 24.3 Å². The molecule has 18 heavy (non-hydrogen) atoms. The fourth-order valence-electron chi connectivity index (χ4n) is 2.34. The third-order valence-electron chi connectivity index (χ3n) is 3.44. The summed E-state index contributed by atoms with van der Waals surface area (Å²) in [4.78, 5) is 12.4. The van der Waals surface area contributed by atoms with Crippen molar-refractivity contribution in [2.24, 2.45) is 5.92 Å². The average Bonchev–Trinajstić information content (AvgIpc) is 2.75. The normalized spacial score (nSPS) is 23.0. The van der Waals surface area contributed by atoms with Crippen molar-refractivity contribution in [1.82, 2.24) is 5.32 Å². The molecule has 1 aromatic carbocycles. The molecule has 0 radical (unpaired) electrons. The van der Waals surface area contributed by atoms with Crippen molar-refractivity contribution in [3.8, 4) is 0 Å². The number of halogens is 2. The molecular weight excluding hydrogens is 314 g/mol. The van der Waals surface area contributed by atoms with Crippen molar-refractivity contribution < 1.29 is 4.79 Å². The third kappa shape index (κ3) is 3.72. The molecule has 4 heteroatoms. The van der Waals surface area contributed by atoms with Crippen molar-refractivity contribution >= 4 is 33.4 Å². The quantitative estimate of drug-likeness (QED) is 0.840. The molecule has 2 rings (SSSR count). The Morgan fingerprint density at radius 1 is 1.39 bits per heavy atom. The second-order valence-corrected chi connectivity index (χ2v) is 6.36. The SMILES string of the molecule is O=C(Cc1ccccc1Cl)NCC1CCCC1Br. The Hall–Kier alpha value is -0.540. The summed E-state index contributed by atoms with van der Waals surface area (Å²) in [5.41, 5.74) is 0.887. The summed E-state index contributed by atoms with van der Waals surface area (Å²) < 4.78 is 0. The summed E-state index contributed by atoms with van der Waals surface area (Å²) in [7, 11) is 0. The standard InChI is InChI=1S/C14H17BrClNO/c15-12-6-3-5-11(12)9-17-14(18)8-10-4-1-2-7-13(10)16/h1-2,4,7,11-12H,3,5-6,8-9H2,(H,17,18). The van der Waals surface area contributed by atoms with E-state index >= 15 is 0 Å². The largest absolute Gasteiger partial charge is 0.355 e. The summed E-state index contributed by atoms with van der Waals surface area (Å²) in [6, 6.07) is 7.48. The van der Waals surface area contributed by atoms with Crippen LogP contribution in [0.1, 0.15) is 24.8 Å². The van der Waals surface area contributed by atoms with E-state index in [1.54, 1.807) is 0 Å². The van der Waals surface area contributed by atoms with Crippen LogP contribution in [0.15, 0.2) is 24.3 Å². The number of hydrogen-bond donors (Lipinski definition) is 1. The lowest BCUT2D eigenvalue weighted by Gasteiger charge is -2.14. The Bertz CT molecular complexity index is 424. The lowest BCUT2D eigenvalue weighted by atomic mass is 10.1. The molecule has 0 aliphatic heterocycles. The number of carbonyl (C=O) groups excluding carboxylic acids is 1. The molecule has 1 fully saturated rings. The number of amides is 1. The van der Waals surface area contributed by atoms with Gasteiger partial charge in [0.25, 0.3) is 0 Å². The van der Waals surface area contributed by atoms with Crippen LogP contribution >= 0.6 is 27.5 Å². The molecule has 1 aliphatic carbocycles. The Balaban J connectivity index is 1.80. The predicted octanol–water partition coefficient (Wildman–Crippen LogP) is 3.56. The van der Waals surface area contributed by atoms with Crippen LogP contribution in [0.4, 0.5) is 0 Å². The molecule has 1 aromatic rings. The summed E-state index contributed by atoms with van der Waals surface area (Å²) in [5, 5.41) is 3.66. The van der Waals surface area contributed by atoms with Crippen LogP contribution in [0.2, 0.25) is 5.02 Å². The first kappa shape index (κ1) is 13.9. The Morgan fingerprint density at radius 2 is 2.17 bits per heavy atom. The molecule has 1 aliphatic rings. The monoisotopic (exact) mass is 329 g/mol. The molecule has 0 bridgehead atoms. The maximum atomic E-state index is 11.8. The molecule has 2 nitrogen and oxygen atoms in total. The van der Waals surface area contributed by atoms with Crippen LogP contribution in [0.3, 0.4) is 0 Å². The maximum Gasteiger partial charge on any atom is 0.224 e. The molecule has 1 amide bonds. The van der Waals surface area contributed by atoms with Gasteiger partial charge in [-0.05, 0) is 30.4 Å². The topological polar surface area (TPSA) is 29.1 Å². The Kier molecular flexibility index (Phi) is 5.07. The van der Waals surface area contributed by atoms with Gasteiger partial charge in [-0.15, -0.1) is 0 Å². The lowest BCUT2D eigenvalue weighted by molar-refractivity contribution is -0.120. The number of rotatable bonds is 4. The molecule has 0 aromatic heterocycles. The summed E-state index contributed by atoms with van der Waals surface area (Å²) >= 11 is 9.69. The molecule has 2 unspecified atom stereocenters. The zero-order valence-corrected chi connectivity index (χ0v) is 12.5. The molecule has 0 spiro atoms. The minimum atomic E-state index is 0.0506. The van der Waals surface area contributed by atoms with Gasteiger partial charge in [-0.25, -0.2) is 0 Å². The van der Waals surface area contributed by atoms with Crippen LogP contribution < -0.4 is 5.32 Å². The van der Waals surface area contributed by atoms with Crippen molar-refractivity contribution in [2.45, 2.75) is 30.5 Å². The van der Waals surface area contributed by atoms with Crippen molar-refractivity contribution in [3.63, 3.8) is 0 Å². The highest BCUT2D eigenvalue weighted by Crippen LogP contribution is 2.30. The van der Waals surface area contributed by atoms with E-state index in [9.17, 15) is 4.79 Å². The molecule has 1 saturated carbocycles. The van der Waals surface area contributed by atoms with Gasteiger partial charge < -0.3 is 5.32 Å². The van der Waals surface area contributed by atoms with Crippen LogP contribution in [-0.2, 0) is 11.2 Å². The van der Waals surface area contributed by atoms with Gasteiger partial charge in [0.1, 0.15) is 0 Å². The number of alkyl halides is 1. The number of nitrogens with one attached hydrogen (secondary N) is 1. The first-order valence-corrected chi connectivity index (χ1v) is 7.60. The molecule has 1 N–H and O–H groups in total. The van der Waals surface area contributed by atoms with Gasteiger partial charge in [0.15, 0.2) is 0 Å². The minimum Gasteiger partial charge on any atom is -0.355 e. The lowest BCUT2D eigenvalue weighted by Crippen LogP contribution is -2.32. The van der Waals surface area contributed by atoms with E-state index in [0.29, 0.717) is 22.2 Å². The number of hydrogen-bond acceptors (Lipinski definition) is 1. The second-order valence-electron chi connectivity index (χ2n) is 4.78. The van der Waals surface area contributed by atoms with Crippen LogP contribution in [0.25, 0.3) is 0 Å². The van der Waals surface area contributed by atoms with E-state index in [0.717, 1.165) is 12.1 Å². The maximum absolute atomic E-state index is 11.8. The van der Waals surface area contributed by atoms with E-state index in [4.69, 9.17) is 11.6 Å². The second kappa shape index (κ2) is 6.58. The van der Waals surface area contributed by atoms with E-state index in [1.165, 1.54) is 19.3 Å². The van der Waals surface area contributed by atoms with Crippen LogP contribution in [0, 0.1) is 5.92 Å². The zero-order valence-electron chi connectivity index (χ0n) is 10.2. The summed E-state index contributed by atoms with van der Waals surface area (Å²) in [5.74, 6) is 0.620. The van der Waals surface area contributed by atoms with Crippen LogP contribution in [0.5, 0.6) is 0 Å². The van der Waals surface area contributed by atoms with Crippen molar-refractivity contribution in [1.29, 1.82) is 0 Å². The van der Waals surface area contributed by atoms with E-state index in [2.05, 4.69) is 21.2 Å². The smallest absolute Gasteiger partial charge is 0.224 e. The van der Waals surface area contributed by atoms with E-state index < -0.39 is 0 Å². The van der Waals surface area contributed by atoms with Gasteiger partial charge in [0.2, 0.25) is 5.91 Å². The molecule has 98 valence electrons. The molecule has 0 heterocycles. The third-order valence-corrected chi connectivity index (χ3v) is 5.01. The zero-order chi connectivity index (χ0) is 13.0. The molecular formula is C14H17BrClNO. The summed E-state index contributed by atoms with van der Waals surface area (Å²) in [6.07, 6.45) is 4.02. The van der Waals surface area contributed by atoms with E-state index in [-0.39, 0.29) is 5.91 Å². The highest BCUT2D eigenvalue weighted by Gasteiger charge is 2.24. The Labute approximate surface area is 121 Å². The molecule has 2 atom stereocenters. The highest BCUT2D eigenvalue weighted by molar-refractivity contribution is 9.09. The fourth-order valence-corrected chi connectivity index (χ4v) is 3.32. The number of carbonyl (C=O) groups is 1. The first-order chi connectivity index (χ1) is 8.66. The number of benzene rings is 1. The first-order valence-electron chi connectivity index (χ1n) is 6.31. The van der Waals surface area contributed by atoms with Gasteiger partial charge in [-0.1, -0.05) is 52.2 Å². The van der Waals surface area contributed by atoms with Crippen molar-refractivity contribution in [3.05, 3.63) is 34.9 Å². The van der Waals surface area contributed by atoms with Gasteiger partial charge >= 0.3 is 0 Å². The minimum absolute atomic E-state index is 0.0506. The van der Waals surface area contributed by atoms with Gasteiger partial charge in [-0.2, -0.15) is 0 Å². The van der Waals surface area contributed by atoms with Gasteiger partial charge in [0, 0.05) is 16.4 Å². The highest BCUT2D eigenvalue weighted by atomic mass is 79.9.